The van der Waals surface area contributed by atoms with Crippen LogP contribution in [-0.2, 0) is 0 Å². The Morgan fingerprint density at radius 3 is 2.96 bits per heavy atom. The molecule has 3 aromatic heterocycles. The van der Waals surface area contributed by atoms with Crippen molar-refractivity contribution in [3.63, 3.8) is 0 Å². The van der Waals surface area contributed by atoms with Crippen molar-refractivity contribution in [3.8, 4) is 0 Å². The van der Waals surface area contributed by atoms with Gasteiger partial charge in [0.1, 0.15) is 12.1 Å². The number of hydrazine groups is 1. The first-order valence-electron chi connectivity index (χ1n) is 8.63. The van der Waals surface area contributed by atoms with Gasteiger partial charge in [-0.05, 0) is 37.1 Å². The van der Waals surface area contributed by atoms with Gasteiger partial charge in [-0.3, -0.25) is 15.6 Å². The molecule has 0 saturated heterocycles. The first-order chi connectivity index (χ1) is 12.7. The van der Waals surface area contributed by atoms with Gasteiger partial charge in [0.25, 0.3) is 5.91 Å². The molecular weight excluding hydrogens is 332 g/mol. The zero-order valence-corrected chi connectivity index (χ0v) is 14.5. The number of fused-ring (bicyclic) bond motifs is 1. The topological polar surface area (TPSA) is 100 Å². The lowest BCUT2D eigenvalue weighted by molar-refractivity contribution is 0.0962. The number of carbonyl (C=O) groups is 1. The van der Waals surface area contributed by atoms with Crippen LogP contribution in [0.3, 0.4) is 0 Å². The van der Waals surface area contributed by atoms with Crippen LogP contribution in [0.1, 0.15) is 36.0 Å². The van der Waals surface area contributed by atoms with Crippen molar-refractivity contribution in [2.45, 2.75) is 31.7 Å². The first-order valence-corrected chi connectivity index (χ1v) is 8.63. The average molecular weight is 352 g/mol. The van der Waals surface area contributed by atoms with Crippen molar-refractivity contribution in [2.75, 3.05) is 17.4 Å². The van der Waals surface area contributed by atoms with Crippen LogP contribution in [0.15, 0.2) is 36.8 Å². The number of anilines is 2. The van der Waals surface area contributed by atoms with E-state index in [1.807, 2.05) is 13.1 Å². The third kappa shape index (κ3) is 3.28. The molecule has 1 aliphatic carbocycles. The van der Waals surface area contributed by atoms with E-state index in [4.69, 9.17) is 0 Å². The van der Waals surface area contributed by atoms with Gasteiger partial charge in [-0.1, -0.05) is 12.8 Å². The molecular formula is C17H20N8O. The summed E-state index contributed by atoms with van der Waals surface area (Å²) in [5.74, 6) is 1.05. The largest absolute Gasteiger partial charge is 0.357 e. The van der Waals surface area contributed by atoms with Gasteiger partial charge in [0.2, 0.25) is 0 Å². The molecule has 9 nitrogen and oxygen atoms in total. The van der Waals surface area contributed by atoms with Gasteiger partial charge in [0.05, 0.1) is 0 Å². The number of pyridine rings is 1. The minimum atomic E-state index is -0.251. The van der Waals surface area contributed by atoms with Crippen molar-refractivity contribution in [2.24, 2.45) is 0 Å². The third-order valence-corrected chi connectivity index (χ3v) is 4.71. The Kier molecular flexibility index (Phi) is 4.34. The lowest BCUT2D eigenvalue weighted by atomic mass is 10.2. The number of nitrogens with one attached hydrogen (secondary N) is 2. The highest BCUT2D eigenvalue weighted by Gasteiger charge is 2.21. The Bertz CT molecular complexity index is 918. The number of carbonyl (C=O) groups excluding carboxylic acids is 1. The van der Waals surface area contributed by atoms with Crippen molar-refractivity contribution >= 4 is 23.2 Å². The Balaban J connectivity index is 1.43. The predicted molar refractivity (Wildman–Crippen MR) is 96.8 cm³/mol. The van der Waals surface area contributed by atoms with E-state index in [-0.39, 0.29) is 5.91 Å². The zero-order chi connectivity index (χ0) is 17.9. The zero-order valence-electron chi connectivity index (χ0n) is 14.5. The quantitative estimate of drug-likeness (QED) is 0.674. The molecule has 3 aromatic rings. The highest BCUT2D eigenvalue weighted by molar-refractivity contribution is 5.95. The van der Waals surface area contributed by atoms with Gasteiger partial charge in [-0.25, -0.2) is 4.98 Å². The molecule has 0 spiro atoms. The average Bonchev–Trinajstić information content (AvgIpc) is 3.36. The standard InChI is InChI=1S/C17H20N8O/c1-24(13-4-2-3-5-13)16-10-12(8-9-18-16)17(26)22-20-14-6-7-15-21-19-11-25(15)23-14/h6-11,13H,2-5H2,1H3,(H,20,23)(H,22,26). The summed E-state index contributed by atoms with van der Waals surface area (Å²) >= 11 is 0. The maximum absolute atomic E-state index is 12.4. The van der Waals surface area contributed by atoms with Crippen LogP contribution in [0.2, 0.25) is 0 Å². The summed E-state index contributed by atoms with van der Waals surface area (Å²) in [7, 11) is 2.04. The molecule has 0 aromatic carbocycles. The lowest BCUT2D eigenvalue weighted by Gasteiger charge is -2.25. The van der Waals surface area contributed by atoms with Gasteiger partial charge in [-0.15, -0.1) is 15.3 Å². The van der Waals surface area contributed by atoms with Crippen LogP contribution in [0.25, 0.3) is 5.65 Å². The number of nitrogens with zero attached hydrogens (tertiary/aromatic N) is 6. The van der Waals surface area contributed by atoms with Crippen LogP contribution in [0, 0.1) is 0 Å². The summed E-state index contributed by atoms with van der Waals surface area (Å²) in [4.78, 5) is 19.0. The summed E-state index contributed by atoms with van der Waals surface area (Å²) in [5.41, 5.74) is 6.64. The molecule has 26 heavy (non-hydrogen) atoms. The van der Waals surface area contributed by atoms with Gasteiger partial charge in [0.15, 0.2) is 11.5 Å². The Morgan fingerprint density at radius 1 is 1.27 bits per heavy atom. The summed E-state index contributed by atoms with van der Waals surface area (Å²) in [6.45, 7) is 0. The predicted octanol–water partition coefficient (Wildman–Crippen LogP) is 1.65. The maximum atomic E-state index is 12.4. The maximum Gasteiger partial charge on any atom is 0.269 e. The molecule has 1 saturated carbocycles. The van der Waals surface area contributed by atoms with Crippen molar-refractivity contribution in [1.29, 1.82) is 0 Å². The second kappa shape index (κ2) is 6.95. The Labute approximate surface area is 150 Å². The second-order valence-corrected chi connectivity index (χ2v) is 6.38. The molecule has 134 valence electrons. The Hall–Kier alpha value is -3.23. The summed E-state index contributed by atoms with van der Waals surface area (Å²) in [6, 6.07) is 7.48. The van der Waals surface area contributed by atoms with E-state index in [0.717, 1.165) is 5.82 Å². The molecule has 1 amide bonds. The van der Waals surface area contributed by atoms with E-state index in [1.54, 1.807) is 24.4 Å². The molecule has 4 rings (SSSR count). The smallest absolute Gasteiger partial charge is 0.269 e. The number of amides is 1. The lowest BCUT2D eigenvalue weighted by Crippen LogP contribution is -2.32. The SMILES string of the molecule is CN(c1cc(C(=O)NNc2ccc3nncn3n2)ccn1)C1CCCC1. The summed E-state index contributed by atoms with van der Waals surface area (Å²) < 4.78 is 1.52. The van der Waals surface area contributed by atoms with Gasteiger partial charge >= 0.3 is 0 Å². The fourth-order valence-electron chi connectivity index (χ4n) is 3.22. The van der Waals surface area contributed by atoms with Crippen LogP contribution in [0.4, 0.5) is 11.6 Å². The molecule has 2 N–H and O–H groups in total. The number of aromatic nitrogens is 5. The van der Waals surface area contributed by atoms with Crippen LogP contribution in [-0.4, -0.2) is 43.8 Å². The van der Waals surface area contributed by atoms with Gasteiger partial charge < -0.3 is 4.90 Å². The number of hydrogen-bond acceptors (Lipinski definition) is 7. The van der Waals surface area contributed by atoms with E-state index >= 15 is 0 Å². The third-order valence-electron chi connectivity index (χ3n) is 4.71. The minimum Gasteiger partial charge on any atom is -0.357 e. The van der Waals surface area contributed by atoms with Crippen molar-refractivity contribution in [1.82, 2.24) is 30.2 Å². The highest BCUT2D eigenvalue weighted by Crippen LogP contribution is 2.26. The molecule has 0 bridgehead atoms. The molecule has 1 fully saturated rings. The minimum absolute atomic E-state index is 0.251. The molecule has 0 radical (unpaired) electrons. The normalized spacial score (nSPS) is 14.5. The molecule has 0 unspecified atom stereocenters. The van der Waals surface area contributed by atoms with Gasteiger partial charge in [-0.2, -0.15) is 4.52 Å². The molecule has 9 heteroatoms. The number of hydrogen-bond donors (Lipinski definition) is 2. The van der Waals surface area contributed by atoms with Crippen LogP contribution >= 0.6 is 0 Å². The van der Waals surface area contributed by atoms with E-state index in [2.05, 4.69) is 36.0 Å². The molecule has 0 aliphatic heterocycles. The fourth-order valence-corrected chi connectivity index (χ4v) is 3.22. The molecule has 3 heterocycles. The number of rotatable bonds is 5. The molecule has 1 aliphatic rings. The van der Waals surface area contributed by atoms with Gasteiger partial charge in [0, 0.05) is 24.8 Å². The van der Waals surface area contributed by atoms with Crippen LogP contribution in [0.5, 0.6) is 0 Å². The van der Waals surface area contributed by atoms with Crippen LogP contribution < -0.4 is 15.8 Å². The first kappa shape index (κ1) is 16.2. The van der Waals surface area contributed by atoms with E-state index < -0.39 is 0 Å². The van der Waals surface area contributed by atoms with Crippen molar-refractivity contribution < 1.29 is 4.79 Å². The summed E-state index contributed by atoms with van der Waals surface area (Å²) in [6.07, 6.45) is 8.01. The summed E-state index contributed by atoms with van der Waals surface area (Å²) in [5, 5.41) is 11.9. The monoisotopic (exact) mass is 352 g/mol. The second-order valence-electron chi connectivity index (χ2n) is 6.38. The molecule has 0 atom stereocenters. The highest BCUT2D eigenvalue weighted by atomic mass is 16.2. The van der Waals surface area contributed by atoms with E-state index in [9.17, 15) is 4.79 Å². The van der Waals surface area contributed by atoms with Crippen molar-refractivity contribution in [3.05, 3.63) is 42.4 Å². The van der Waals surface area contributed by atoms with E-state index in [1.165, 1.54) is 36.5 Å². The fraction of sp³-hybridized carbons (Fsp3) is 0.353. The van der Waals surface area contributed by atoms with E-state index in [0.29, 0.717) is 23.1 Å². The Morgan fingerprint density at radius 2 is 2.12 bits per heavy atom.